The molecule has 2 N–H and O–H groups in total. The average Bonchev–Trinajstić information content (AvgIpc) is 2.53. The van der Waals surface area contributed by atoms with Crippen molar-refractivity contribution in [3.8, 4) is 5.75 Å². The van der Waals surface area contributed by atoms with Crippen LogP contribution >= 0.6 is 31.9 Å². The summed E-state index contributed by atoms with van der Waals surface area (Å²) in [5.41, 5.74) is 2.10. The van der Waals surface area contributed by atoms with Gasteiger partial charge in [-0.15, -0.1) is 4.83 Å². The van der Waals surface area contributed by atoms with Crippen molar-refractivity contribution in [1.82, 2.24) is 10.3 Å². The Hall–Kier alpha value is -1.42. The molecule has 2 aromatic carbocycles. The second kappa shape index (κ2) is 7.91. The number of hydrazine groups is 1. The van der Waals surface area contributed by atoms with Gasteiger partial charge in [-0.25, -0.2) is 8.42 Å². The van der Waals surface area contributed by atoms with Crippen LogP contribution in [0.25, 0.3) is 0 Å². The number of sulfonamides is 1. The van der Waals surface area contributed by atoms with Crippen molar-refractivity contribution in [2.24, 2.45) is 0 Å². The standard InChI is InChI=1S/C14H12Br2N2O4S/c15-10-6-7-13(12(16)8-10)22-9-14(19)17-18-23(20,21)11-4-2-1-3-5-11/h1-8,18H,9H2,(H,17,19). The van der Waals surface area contributed by atoms with Gasteiger partial charge >= 0.3 is 0 Å². The van der Waals surface area contributed by atoms with Crippen LogP contribution < -0.4 is 15.0 Å². The van der Waals surface area contributed by atoms with Crippen LogP contribution in [-0.2, 0) is 14.8 Å². The summed E-state index contributed by atoms with van der Waals surface area (Å²) < 4.78 is 30.7. The molecule has 0 aliphatic carbocycles. The van der Waals surface area contributed by atoms with Crippen LogP contribution in [0.2, 0.25) is 0 Å². The molecule has 0 saturated carbocycles. The molecule has 2 aromatic rings. The number of carbonyl (C=O) groups is 1. The van der Waals surface area contributed by atoms with Gasteiger partial charge in [-0.1, -0.05) is 34.1 Å². The molecule has 0 aliphatic rings. The predicted molar refractivity (Wildman–Crippen MR) is 92.2 cm³/mol. The van der Waals surface area contributed by atoms with Gasteiger partial charge in [0.15, 0.2) is 6.61 Å². The quantitative estimate of drug-likeness (QED) is 0.645. The Morgan fingerprint density at radius 3 is 2.43 bits per heavy atom. The van der Waals surface area contributed by atoms with Crippen LogP contribution in [0, 0.1) is 0 Å². The lowest BCUT2D eigenvalue weighted by molar-refractivity contribution is -0.123. The molecule has 6 nitrogen and oxygen atoms in total. The Labute approximate surface area is 150 Å². The SMILES string of the molecule is O=C(COc1ccc(Br)cc1Br)NNS(=O)(=O)c1ccccc1. The molecule has 0 radical (unpaired) electrons. The molecule has 0 heterocycles. The summed E-state index contributed by atoms with van der Waals surface area (Å²) in [6.45, 7) is -0.336. The highest BCUT2D eigenvalue weighted by molar-refractivity contribution is 9.11. The van der Waals surface area contributed by atoms with Crippen LogP contribution in [0.3, 0.4) is 0 Å². The maximum absolute atomic E-state index is 11.9. The lowest BCUT2D eigenvalue weighted by atomic mass is 10.3. The van der Waals surface area contributed by atoms with Gasteiger partial charge in [-0.05, 0) is 46.3 Å². The summed E-state index contributed by atoms with van der Waals surface area (Å²) in [5.74, 6) is -0.159. The van der Waals surface area contributed by atoms with E-state index in [1.807, 2.05) is 4.83 Å². The molecule has 0 aromatic heterocycles. The van der Waals surface area contributed by atoms with Crippen LogP contribution in [-0.4, -0.2) is 20.9 Å². The van der Waals surface area contributed by atoms with Crippen molar-refractivity contribution >= 4 is 47.8 Å². The van der Waals surface area contributed by atoms with E-state index in [1.165, 1.54) is 12.1 Å². The number of nitrogens with one attached hydrogen (secondary N) is 2. The summed E-state index contributed by atoms with van der Waals surface area (Å²) in [6, 6.07) is 12.9. The molecule has 0 atom stereocenters. The number of benzene rings is 2. The summed E-state index contributed by atoms with van der Waals surface area (Å²) in [7, 11) is -3.81. The second-order valence-corrected chi connectivity index (χ2v) is 7.78. The van der Waals surface area contributed by atoms with Gasteiger partial charge in [0.1, 0.15) is 5.75 Å². The predicted octanol–water partition coefficient (Wildman–Crippen LogP) is 2.60. The fourth-order valence-corrected chi connectivity index (χ4v) is 3.60. The lowest BCUT2D eigenvalue weighted by Crippen LogP contribution is -2.43. The molecule has 1 amide bonds. The van der Waals surface area contributed by atoms with Gasteiger partial charge in [-0.3, -0.25) is 10.2 Å². The van der Waals surface area contributed by atoms with Gasteiger partial charge in [0, 0.05) is 4.47 Å². The van der Waals surface area contributed by atoms with E-state index in [4.69, 9.17) is 4.74 Å². The first-order valence-corrected chi connectivity index (χ1v) is 9.39. The van der Waals surface area contributed by atoms with Crippen molar-refractivity contribution in [2.45, 2.75) is 4.90 Å². The maximum atomic E-state index is 11.9. The van der Waals surface area contributed by atoms with Crippen molar-refractivity contribution in [3.05, 3.63) is 57.5 Å². The van der Waals surface area contributed by atoms with E-state index in [0.29, 0.717) is 10.2 Å². The van der Waals surface area contributed by atoms with Gasteiger partial charge in [0.05, 0.1) is 9.37 Å². The fraction of sp³-hybridized carbons (Fsp3) is 0.0714. The third-order valence-corrected chi connectivity index (χ3v) is 5.01. The molecule has 0 bridgehead atoms. The lowest BCUT2D eigenvalue weighted by Gasteiger charge is -2.10. The minimum Gasteiger partial charge on any atom is -0.483 e. The van der Waals surface area contributed by atoms with Crippen LogP contribution in [0.4, 0.5) is 0 Å². The highest BCUT2D eigenvalue weighted by Gasteiger charge is 2.14. The highest BCUT2D eigenvalue weighted by Crippen LogP contribution is 2.28. The molecule has 0 aliphatic heterocycles. The fourth-order valence-electron chi connectivity index (χ4n) is 1.55. The minimum absolute atomic E-state index is 0.0527. The van der Waals surface area contributed by atoms with Gasteiger partial charge in [0.25, 0.3) is 15.9 Å². The van der Waals surface area contributed by atoms with Gasteiger partial charge < -0.3 is 4.74 Å². The number of halogens is 2. The summed E-state index contributed by atoms with van der Waals surface area (Å²) >= 11 is 6.60. The first-order valence-electron chi connectivity index (χ1n) is 6.32. The minimum atomic E-state index is -3.81. The van der Waals surface area contributed by atoms with E-state index in [0.717, 1.165) is 4.47 Å². The van der Waals surface area contributed by atoms with Gasteiger partial charge in [0.2, 0.25) is 0 Å². The number of ether oxygens (including phenoxy) is 1. The topological polar surface area (TPSA) is 84.5 Å². The molecule has 122 valence electrons. The zero-order chi connectivity index (χ0) is 16.9. The maximum Gasteiger partial charge on any atom is 0.272 e. The van der Waals surface area contributed by atoms with Crippen LogP contribution in [0.1, 0.15) is 0 Å². The van der Waals surface area contributed by atoms with E-state index in [1.54, 1.807) is 36.4 Å². The first kappa shape index (κ1) is 17.9. The molecule has 0 fully saturated rings. The summed E-state index contributed by atoms with van der Waals surface area (Å²) in [6.07, 6.45) is 0. The molecule has 2 rings (SSSR count). The smallest absolute Gasteiger partial charge is 0.272 e. The van der Waals surface area contributed by atoms with Crippen molar-refractivity contribution < 1.29 is 17.9 Å². The highest BCUT2D eigenvalue weighted by atomic mass is 79.9. The number of hydrogen-bond donors (Lipinski definition) is 2. The number of amides is 1. The van der Waals surface area contributed by atoms with Crippen LogP contribution in [0.5, 0.6) is 5.75 Å². The normalized spacial score (nSPS) is 11.0. The van der Waals surface area contributed by atoms with E-state index in [9.17, 15) is 13.2 Å². The molecule has 0 saturated heterocycles. The van der Waals surface area contributed by atoms with Crippen molar-refractivity contribution in [1.29, 1.82) is 0 Å². The Morgan fingerprint density at radius 1 is 1.09 bits per heavy atom. The Morgan fingerprint density at radius 2 is 1.78 bits per heavy atom. The van der Waals surface area contributed by atoms with Crippen LogP contribution in [0.15, 0.2) is 62.4 Å². The molecule has 0 unspecified atom stereocenters. The molecule has 0 spiro atoms. The van der Waals surface area contributed by atoms with E-state index in [2.05, 4.69) is 37.3 Å². The Bertz CT molecular complexity index is 798. The zero-order valence-electron chi connectivity index (χ0n) is 11.6. The number of hydrogen-bond acceptors (Lipinski definition) is 4. The van der Waals surface area contributed by atoms with E-state index < -0.39 is 15.9 Å². The largest absolute Gasteiger partial charge is 0.483 e. The Balaban J connectivity index is 1.88. The summed E-state index contributed by atoms with van der Waals surface area (Å²) in [5, 5.41) is 0. The van der Waals surface area contributed by atoms with Crippen molar-refractivity contribution in [3.63, 3.8) is 0 Å². The monoisotopic (exact) mass is 462 g/mol. The third kappa shape index (κ3) is 5.31. The number of rotatable bonds is 6. The molecular formula is C14H12Br2N2O4S. The van der Waals surface area contributed by atoms with E-state index >= 15 is 0 Å². The Kier molecular flexibility index (Phi) is 6.17. The third-order valence-electron chi connectivity index (χ3n) is 2.63. The molecule has 9 heteroatoms. The van der Waals surface area contributed by atoms with Gasteiger partial charge in [-0.2, -0.15) is 0 Å². The van der Waals surface area contributed by atoms with E-state index in [-0.39, 0.29) is 11.5 Å². The average molecular weight is 464 g/mol. The zero-order valence-corrected chi connectivity index (χ0v) is 15.6. The second-order valence-electron chi connectivity index (χ2n) is 4.33. The molecule has 23 heavy (non-hydrogen) atoms. The number of carbonyl (C=O) groups excluding carboxylic acids is 1. The first-order chi connectivity index (χ1) is 10.9. The van der Waals surface area contributed by atoms with Crippen molar-refractivity contribution in [2.75, 3.05) is 6.61 Å². The summed E-state index contributed by atoms with van der Waals surface area (Å²) in [4.78, 5) is 13.7. The molecular weight excluding hydrogens is 452 g/mol.